The average molecular weight is 281 g/mol. The van der Waals surface area contributed by atoms with Crippen molar-refractivity contribution >= 4 is 0 Å². The topological polar surface area (TPSA) is 0 Å². The number of rotatable bonds is 8. The highest BCUT2D eigenvalue weighted by Crippen LogP contribution is 2.48. The van der Waals surface area contributed by atoms with Crippen LogP contribution in [0.4, 0.5) is 0 Å². The third-order valence-electron chi connectivity index (χ3n) is 6.60. The molecule has 0 bridgehead atoms. The summed E-state index contributed by atoms with van der Waals surface area (Å²) in [7, 11) is 0. The molecular weight excluding hydrogens is 240 g/mol. The first kappa shape index (κ1) is 18.1. The Hall–Kier alpha value is 0. The fourth-order valence-electron chi connectivity index (χ4n) is 4.31. The summed E-state index contributed by atoms with van der Waals surface area (Å²) < 4.78 is 0. The maximum atomic E-state index is 2.54. The molecule has 0 N–H and O–H groups in total. The molecule has 0 amide bonds. The molecule has 1 saturated carbocycles. The van der Waals surface area contributed by atoms with Crippen LogP contribution in [0.15, 0.2) is 0 Å². The second-order valence-corrected chi connectivity index (χ2v) is 8.60. The second kappa shape index (κ2) is 7.85. The van der Waals surface area contributed by atoms with E-state index in [9.17, 15) is 0 Å². The van der Waals surface area contributed by atoms with E-state index in [-0.39, 0.29) is 0 Å². The number of unbranched alkanes of at least 4 members (excludes halogenated alkanes) is 1. The largest absolute Gasteiger partial charge is 0.0654 e. The van der Waals surface area contributed by atoms with Gasteiger partial charge in [0.05, 0.1) is 0 Å². The van der Waals surface area contributed by atoms with Crippen molar-refractivity contribution in [3.63, 3.8) is 0 Å². The fraction of sp³-hybridized carbons (Fsp3) is 1.00. The van der Waals surface area contributed by atoms with Crippen molar-refractivity contribution < 1.29 is 0 Å². The lowest BCUT2D eigenvalue weighted by Gasteiger charge is -2.36. The third kappa shape index (κ3) is 4.78. The van der Waals surface area contributed by atoms with Crippen LogP contribution in [-0.2, 0) is 0 Å². The smallest absolute Gasteiger partial charge is 0.0326 e. The van der Waals surface area contributed by atoms with Gasteiger partial charge in [0.25, 0.3) is 0 Å². The lowest BCUT2D eigenvalue weighted by molar-refractivity contribution is 0.137. The van der Waals surface area contributed by atoms with Crippen LogP contribution in [0.25, 0.3) is 0 Å². The molecule has 0 aromatic carbocycles. The summed E-state index contributed by atoms with van der Waals surface area (Å²) in [4.78, 5) is 0. The zero-order chi connectivity index (χ0) is 15.3. The Morgan fingerprint density at radius 2 is 1.75 bits per heavy atom. The standard InChI is InChI=1S/C20H40/c1-8-10-11-20(6,7)17(5)19-13-16(4)18(14-19)12-15(3)9-2/h15-19H,8-14H2,1-7H3. The van der Waals surface area contributed by atoms with Gasteiger partial charge in [-0.05, 0) is 60.7 Å². The summed E-state index contributed by atoms with van der Waals surface area (Å²) in [6.45, 7) is 17.2. The molecule has 0 aromatic heterocycles. The zero-order valence-corrected chi connectivity index (χ0v) is 15.3. The zero-order valence-electron chi connectivity index (χ0n) is 15.3. The van der Waals surface area contributed by atoms with Gasteiger partial charge in [0.15, 0.2) is 0 Å². The van der Waals surface area contributed by atoms with Gasteiger partial charge in [0.2, 0.25) is 0 Å². The molecule has 0 aromatic rings. The Balaban J connectivity index is 2.56. The lowest BCUT2D eigenvalue weighted by Crippen LogP contribution is -2.27. The molecule has 0 spiro atoms. The molecule has 5 atom stereocenters. The highest BCUT2D eigenvalue weighted by atomic mass is 14.4. The van der Waals surface area contributed by atoms with E-state index in [0.717, 1.165) is 29.6 Å². The summed E-state index contributed by atoms with van der Waals surface area (Å²) in [5.41, 5.74) is 0.533. The molecule has 120 valence electrons. The number of hydrogen-bond donors (Lipinski definition) is 0. The van der Waals surface area contributed by atoms with Crippen molar-refractivity contribution in [2.45, 2.75) is 93.4 Å². The van der Waals surface area contributed by atoms with E-state index in [4.69, 9.17) is 0 Å². The van der Waals surface area contributed by atoms with Crippen molar-refractivity contribution in [3.05, 3.63) is 0 Å². The van der Waals surface area contributed by atoms with Gasteiger partial charge in [0.1, 0.15) is 0 Å². The van der Waals surface area contributed by atoms with Crippen LogP contribution in [0.3, 0.4) is 0 Å². The molecule has 0 nitrogen and oxygen atoms in total. The molecule has 1 aliphatic rings. The molecule has 0 heterocycles. The summed E-state index contributed by atoms with van der Waals surface area (Å²) in [6.07, 6.45) is 9.96. The Kier molecular flexibility index (Phi) is 7.09. The van der Waals surface area contributed by atoms with Crippen molar-refractivity contribution in [2.75, 3.05) is 0 Å². The fourth-order valence-corrected chi connectivity index (χ4v) is 4.31. The van der Waals surface area contributed by atoms with Crippen LogP contribution in [0.1, 0.15) is 93.4 Å². The SMILES string of the molecule is CCCCC(C)(C)C(C)C1CC(C)C(CC(C)CC)C1. The van der Waals surface area contributed by atoms with Gasteiger partial charge in [-0.2, -0.15) is 0 Å². The first-order valence-corrected chi connectivity index (χ1v) is 9.31. The summed E-state index contributed by atoms with van der Waals surface area (Å²) in [5, 5.41) is 0. The highest BCUT2D eigenvalue weighted by Gasteiger charge is 2.39. The van der Waals surface area contributed by atoms with E-state index < -0.39 is 0 Å². The first-order chi connectivity index (χ1) is 9.31. The van der Waals surface area contributed by atoms with Gasteiger partial charge in [-0.25, -0.2) is 0 Å². The van der Waals surface area contributed by atoms with Gasteiger partial charge >= 0.3 is 0 Å². The molecule has 0 radical (unpaired) electrons. The van der Waals surface area contributed by atoms with E-state index in [0.29, 0.717) is 5.41 Å². The van der Waals surface area contributed by atoms with E-state index in [1.807, 2.05) is 0 Å². The lowest BCUT2D eigenvalue weighted by atomic mass is 9.69. The van der Waals surface area contributed by atoms with Crippen LogP contribution in [0, 0.1) is 35.0 Å². The van der Waals surface area contributed by atoms with Crippen molar-refractivity contribution in [1.29, 1.82) is 0 Å². The summed E-state index contributed by atoms with van der Waals surface area (Å²) in [6, 6.07) is 0. The minimum Gasteiger partial charge on any atom is -0.0654 e. The molecule has 0 aliphatic heterocycles. The van der Waals surface area contributed by atoms with E-state index >= 15 is 0 Å². The van der Waals surface area contributed by atoms with Gasteiger partial charge < -0.3 is 0 Å². The van der Waals surface area contributed by atoms with Crippen molar-refractivity contribution in [3.8, 4) is 0 Å². The minimum absolute atomic E-state index is 0.533. The van der Waals surface area contributed by atoms with Gasteiger partial charge in [-0.3, -0.25) is 0 Å². The van der Waals surface area contributed by atoms with Gasteiger partial charge in [0, 0.05) is 0 Å². The maximum Gasteiger partial charge on any atom is -0.0326 e. The Labute approximate surface area is 129 Å². The van der Waals surface area contributed by atoms with Crippen LogP contribution in [-0.4, -0.2) is 0 Å². The normalized spacial score (nSPS) is 30.4. The Morgan fingerprint density at radius 1 is 1.10 bits per heavy atom. The molecule has 0 saturated heterocycles. The van der Waals surface area contributed by atoms with Crippen LogP contribution < -0.4 is 0 Å². The third-order valence-corrected chi connectivity index (χ3v) is 6.60. The van der Waals surface area contributed by atoms with E-state index in [1.165, 1.54) is 44.9 Å². The highest BCUT2D eigenvalue weighted by molar-refractivity contribution is 4.89. The van der Waals surface area contributed by atoms with Crippen molar-refractivity contribution in [1.82, 2.24) is 0 Å². The molecule has 1 rings (SSSR count). The van der Waals surface area contributed by atoms with E-state index in [1.54, 1.807) is 0 Å². The van der Waals surface area contributed by atoms with Gasteiger partial charge in [-0.1, -0.05) is 67.7 Å². The average Bonchev–Trinajstić information content (AvgIpc) is 2.76. The van der Waals surface area contributed by atoms with E-state index in [2.05, 4.69) is 48.5 Å². The Morgan fingerprint density at radius 3 is 2.30 bits per heavy atom. The van der Waals surface area contributed by atoms with Crippen molar-refractivity contribution in [2.24, 2.45) is 35.0 Å². The minimum atomic E-state index is 0.533. The van der Waals surface area contributed by atoms with Crippen LogP contribution >= 0.6 is 0 Å². The molecule has 1 fully saturated rings. The molecule has 1 aliphatic carbocycles. The monoisotopic (exact) mass is 280 g/mol. The predicted octanol–water partition coefficient (Wildman–Crippen LogP) is 6.94. The van der Waals surface area contributed by atoms with Gasteiger partial charge in [-0.15, -0.1) is 0 Å². The second-order valence-electron chi connectivity index (χ2n) is 8.60. The number of hydrogen-bond acceptors (Lipinski definition) is 0. The Bertz CT molecular complexity index is 265. The summed E-state index contributed by atoms with van der Waals surface area (Å²) >= 11 is 0. The predicted molar refractivity (Wildman–Crippen MR) is 91.9 cm³/mol. The molecule has 20 heavy (non-hydrogen) atoms. The quantitative estimate of drug-likeness (QED) is 0.452. The van der Waals surface area contributed by atoms with Crippen LogP contribution in [0.2, 0.25) is 0 Å². The molecule has 5 unspecified atom stereocenters. The maximum absolute atomic E-state index is 2.54. The van der Waals surface area contributed by atoms with Crippen LogP contribution in [0.5, 0.6) is 0 Å². The summed E-state index contributed by atoms with van der Waals surface area (Å²) in [5.74, 6) is 4.74. The molecule has 0 heteroatoms. The first-order valence-electron chi connectivity index (χ1n) is 9.31. The molecular formula is C20H40.